The zero-order valence-corrected chi connectivity index (χ0v) is 10.8. The van der Waals surface area contributed by atoms with Crippen molar-refractivity contribution in [3.05, 3.63) is 47.8 Å². The molecule has 0 radical (unpaired) electrons. The third-order valence-corrected chi connectivity index (χ3v) is 3.45. The highest BCUT2D eigenvalue weighted by atomic mass is 14.7. The van der Waals surface area contributed by atoms with Gasteiger partial charge in [0.15, 0.2) is 0 Å². The van der Waals surface area contributed by atoms with E-state index in [0.717, 1.165) is 29.3 Å². The molecule has 2 heteroatoms. The first-order chi connectivity index (χ1) is 8.83. The van der Waals surface area contributed by atoms with Crippen molar-refractivity contribution in [2.75, 3.05) is 0 Å². The lowest BCUT2D eigenvalue weighted by molar-refractivity contribution is 0.983. The SMILES string of the molecule is CCc1cc2ccc3ncccc3c2nc1CC. The van der Waals surface area contributed by atoms with E-state index >= 15 is 0 Å². The summed E-state index contributed by atoms with van der Waals surface area (Å²) >= 11 is 0. The van der Waals surface area contributed by atoms with Crippen molar-refractivity contribution in [2.45, 2.75) is 26.7 Å². The maximum absolute atomic E-state index is 4.85. The van der Waals surface area contributed by atoms with E-state index in [1.165, 1.54) is 16.6 Å². The molecule has 1 aromatic carbocycles. The maximum atomic E-state index is 4.85. The molecule has 2 aromatic heterocycles. The molecular formula is C16H16N2. The largest absolute Gasteiger partial charge is 0.256 e. The summed E-state index contributed by atoms with van der Waals surface area (Å²) in [6.07, 6.45) is 3.85. The van der Waals surface area contributed by atoms with Crippen LogP contribution in [0.25, 0.3) is 21.8 Å². The van der Waals surface area contributed by atoms with Crippen molar-refractivity contribution in [1.82, 2.24) is 9.97 Å². The first-order valence-corrected chi connectivity index (χ1v) is 6.49. The Balaban J connectivity index is 2.43. The van der Waals surface area contributed by atoms with Gasteiger partial charge in [0.1, 0.15) is 0 Å². The van der Waals surface area contributed by atoms with Crippen LogP contribution in [-0.2, 0) is 12.8 Å². The highest BCUT2D eigenvalue weighted by Crippen LogP contribution is 2.24. The molecule has 18 heavy (non-hydrogen) atoms. The van der Waals surface area contributed by atoms with Crippen molar-refractivity contribution in [1.29, 1.82) is 0 Å². The van der Waals surface area contributed by atoms with Crippen LogP contribution in [-0.4, -0.2) is 9.97 Å². The summed E-state index contributed by atoms with van der Waals surface area (Å²) in [7, 11) is 0. The minimum Gasteiger partial charge on any atom is -0.256 e. The third-order valence-electron chi connectivity index (χ3n) is 3.45. The standard InChI is InChI=1S/C16H16N2/c1-3-11-10-12-7-8-15-13(6-5-9-17-15)16(12)18-14(11)4-2/h5-10H,3-4H2,1-2H3. The Morgan fingerprint density at radius 1 is 1.06 bits per heavy atom. The van der Waals surface area contributed by atoms with Crippen LogP contribution in [0.1, 0.15) is 25.1 Å². The average Bonchev–Trinajstić information content (AvgIpc) is 2.45. The zero-order valence-electron chi connectivity index (χ0n) is 10.8. The first kappa shape index (κ1) is 11.1. The number of nitrogens with zero attached hydrogens (tertiary/aromatic N) is 2. The number of rotatable bonds is 2. The van der Waals surface area contributed by atoms with Crippen molar-refractivity contribution in [2.24, 2.45) is 0 Å². The van der Waals surface area contributed by atoms with Gasteiger partial charge in [-0.25, -0.2) is 0 Å². The van der Waals surface area contributed by atoms with E-state index in [1.54, 1.807) is 0 Å². The number of fused-ring (bicyclic) bond motifs is 3. The van der Waals surface area contributed by atoms with Gasteiger partial charge >= 0.3 is 0 Å². The fraction of sp³-hybridized carbons (Fsp3) is 0.250. The number of benzene rings is 1. The Morgan fingerprint density at radius 3 is 2.72 bits per heavy atom. The van der Waals surface area contributed by atoms with Gasteiger partial charge in [-0.1, -0.05) is 19.9 Å². The normalized spacial score (nSPS) is 11.2. The second-order valence-corrected chi connectivity index (χ2v) is 4.51. The topological polar surface area (TPSA) is 25.8 Å². The van der Waals surface area contributed by atoms with E-state index in [0.29, 0.717) is 0 Å². The summed E-state index contributed by atoms with van der Waals surface area (Å²) in [6.45, 7) is 4.35. The average molecular weight is 236 g/mol. The molecule has 0 bridgehead atoms. The van der Waals surface area contributed by atoms with Crippen molar-refractivity contribution in [3.63, 3.8) is 0 Å². The predicted molar refractivity (Wildman–Crippen MR) is 75.8 cm³/mol. The quantitative estimate of drug-likeness (QED) is 0.630. The number of aryl methyl sites for hydroxylation is 2. The van der Waals surface area contributed by atoms with E-state index in [2.05, 4.69) is 43.1 Å². The highest BCUT2D eigenvalue weighted by Gasteiger charge is 2.07. The van der Waals surface area contributed by atoms with E-state index in [1.807, 2.05) is 12.3 Å². The second-order valence-electron chi connectivity index (χ2n) is 4.51. The van der Waals surface area contributed by atoms with Crippen molar-refractivity contribution >= 4 is 21.8 Å². The van der Waals surface area contributed by atoms with Crippen LogP contribution in [0.15, 0.2) is 36.5 Å². The Bertz CT molecular complexity index is 717. The van der Waals surface area contributed by atoms with Crippen LogP contribution in [0.2, 0.25) is 0 Å². The molecule has 0 saturated heterocycles. The van der Waals surface area contributed by atoms with Gasteiger partial charge in [-0.05, 0) is 42.7 Å². The molecule has 3 rings (SSSR count). The molecule has 2 nitrogen and oxygen atoms in total. The molecule has 90 valence electrons. The maximum Gasteiger partial charge on any atom is 0.0799 e. The number of hydrogen-bond donors (Lipinski definition) is 0. The number of pyridine rings is 2. The van der Waals surface area contributed by atoms with Crippen molar-refractivity contribution < 1.29 is 0 Å². The predicted octanol–water partition coefficient (Wildman–Crippen LogP) is 3.91. The molecular weight excluding hydrogens is 220 g/mol. The van der Waals surface area contributed by atoms with Crippen LogP contribution in [0, 0.1) is 0 Å². The molecule has 0 aliphatic heterocycles. The van der Waals surface area contributed by atoms with E-state index in [9.17, 15) is 0 Å². The Kier molecular flexibility index (Phi) is 2.71. The van der Waals surface area contributed by atoms with Gasteiger partial charge in [0, 0.05) is 22.7 Å². The molecule has 0 spiro atoms. The second kappa shape index (κ2) is 4.37. The van der Waals surface area contributed by atoms with Crippen LogP contribution < -0.4 is 0 Å². The molecule has 3 aromatic rings. The van der Waals surface area contributed by atoms with E-state index < -0.39 is 0 Å². The molecule has 0 aliphatic rings. The summed E-state index contributed by atoms with van der Waals surface area (Å²) in [4.78, 5) is 9.24. The first-order valence-electron chi connectivity index (χ1n) is 6.49. The molecule has 0 fully saturated rings. The lowest BCUT2D eigenvalue weighted by Gasteiger charge is -2.09. The fourth-order valence-corrected chi connectivity index (χ4v) is 2.48. The summed E-state index contributed by atoms with van der Waals surface area (Å²) in [5, 5.41) is 2.36. The monoisotopic (exact) mass is 236 g/mol. The van der Waals surface area contributed by atoms with Gasteiger partial charge in [0.05, 0.1) is 11.0 Å². The third kappa shape index (κ3) is 1.65. The molecule has 0 aliphatic carbocycles. The lowest BCUT2D eigenvalue weighted by Crippen LogP contribution is -1.96. The van der Waals surface area contributed by atoms with Gasteiger partial charge in [0.25, 0.3) is 0 Å². The minimum atomic E-state index is 0.982. The van der Waals surface area contributed by atoms with Crippen LogP contribution >= 0.6 is 0 Å². The fourth-order valence-electron chi connectivity index (χ4n) is 2.48. The van der Waals surface area contributed by atoms with Crippen LogP contribution in [0.4, 0.5) is 0 Å². The smallest absolute Gasteiger partial charge is 0.0799 e. The molecule has 0 saturated carbocycles. The van der Waals surface area contributed by atoms with Gasteiger partial charge in [-0.3, -0.25) is 9.97 Å². The number of hydrogen-bond acceptors (Lipinski definition) is 2. The van der Waals surface area contributed by atoms with Gasteiger partial charge in [-0.15, -0.1) is 0 Å². The summed E-state index contributed by atoms with van der Waals surface area (Å²) < 4.78 is 0. The summed E-state index contributed by atoms with van der Waals surface area (Å²) in [5.74, 6) is 0. The lowest BCUT2D eigenvalue weighted by atomic mass is 10.0. The summed E-state index contributed by atoms with van der Waals surface area (Å²) in [6, 6.07) is 10.5. The molecule has 2 heterocycles. The minimum absolute atomic E-state index is 0.982. The van der Waals surface area contributed by atoms with Gasteiger partial charge in [-0.2, -0.15) is 0 Å². The molecule has 0 amide bonds. The summed E-state index contributed by atoms with van der Waals surface area (Å²) in [5.41, 5.74) is 4.66. The highest BCUT2D eigenvalue weighted by molar-refractivity contribution is 6.03. The van der Waals surface area contributed by atoms with Crippen LogP contribution in [0.3, 0.4) is 0 Å². The van der Waals surface area contributed by atoms with Gasteiger partial charge < -0.3 is 0 Å². The zero-order chi connectivity index (χ0) is 12.5. The molecule has 0 unspecified atom stereocenters. The molecule has 0 atom stereocenters. The molecule has 0 N–H and O–H groups in total. The van der Waals surface area contributed by atoms with Crippen LogP contribution in [0.5, 0.6) is 0 Å². The number of aromatic nitrogens is 2. The van der Waals surface area contributed by atoms with E-state index in [4.69, 9.17) is 4.98 Å². The van der Waals surface area contributed by atoms with E-state index in [-0.39, 0.29) is 0 Å². The Morgan fingerprint density at radius 2 is 1.94 bits per heavy atom. The Hall–Kier alpha value is -1.96. The van der Waals surface area contributed by atoms with Crippen molar-refractivity contribution in [3.8, 4) is 0 Å². The Labute approximate surface area is 107 Å². The van der Waals surface area contributed by atoms with Gasteiger partial charge in [0.2, 0.25) is 0 Å².